The zero-order valence-electron chi connectivity index (χ0n) is 6.26. The average molecular weight is 142 g/mol. The molecular formula is C7H14N2O. The van der Waals surface area contributed by atoms with Crippen LogP contribution in [0.25, 0.3) is 0 Å². The van der Waals surface area contributed by atoms with E-state index in [1.807, 2.05) is 6.92 Å². The second-order valence-corrected chi connectivity index (χ2v) is 2.94. The third-order valence-electron chi connectivity index (χ3n) is 2.05. The highest BCUT2D eigenvalue weighted by Gasteiger charge is 2.22. The molecule has 0 aromatic carbocycles. The topological polar surface area (TPSA) is 55.1 Å². The highest BCUT2D eigenvalue weighted by atomic mass is 16.2. The maximum Gasteiger partial charge on any atom is 0.237 e. The van der Waals surface area contributed by atoms with Gasteiger partial charge in [-0.05, 0) is 18.8 Å². The van der Waals surface area contributed by atoms with Crippen molar-refractivity contribution in [1.82, 2.24) is 5.32 Å². The van der Waals surface area contributed by atoms with Gasteiger partial charge in [-0.1, -0.05) is 6.92 Å². The Morgan fingerprint density at radius 3 is 3.10 bits per heavy atom. The molecule has 1 heterocycles. The second kappa shape index (κ2) is 3.01. The summed E-state index contributed by atoms with van der Waals surface area (Å²) in [5, 5.41) is 2.76. The van der Waals surface area contributed by atoms with Crippen LogP contribution in [-0.4, -0.2) is 18.5 Å². The molecule has 1 saturated heterocycles. The molecule has 3 N–H and O–H groups in total. The largest absolute Gasteiger partial charge is 0.355 e. The number of hydrogen-bond donors (Lipinski definition) is 2. The van der Waals surface area contributed by atoms with E-state index in [2.05, 4.69) is 5.32 Å². The van der Waals surface area contributed by atoms with E-state index < -0.39 is 0 Å². The molecule has 10 heavy (non-hydrogen) atoms. The van der Waals surface area contributed by atoms with E-state index in [4.69, 9.17) is 5.73 Å². The number of carbonyl (C=O) groups excluding carboxylic acids is 1. The summed E-state index contributed by atoms with van der Waals surface area (Å²) >= 11 is 0. The summed E-state index contributed by atoms with van der Waals surface area (Å²) < 4.78 is 0. The molecule has 1 amide bonds. The molecule has 0 aromatic rings. The molecule has 3 nitrogen and oxygen atoms in total. The van der Waals surface area contributed by atoms with Crippen LogP contribution < -0.4 is 11.1 Å². The summed E-state index contributed by atoms with van der Waals surface area (Å²) in [7, 11) is 0. The zero-order valence-corrected chi connectivity index (χ0v) is 6.26. The number of carbonyl (C=O) groups is 1. The number of nitrogens with one attached hydrogen (secondary N) is 1. The molecule has 1 aliphatic heterocycles. The van der Waals surface area contributed by atoms with Crippen molar-refractivity contribution in [3.8, 4) is 0 Å². The summed E-state index contributed by atoms with van der Waals surface area (Å²) in [6.45, 7) is 2.81. The molecular weight excluding hydrogens is 128 g/mol. The van der Waals surface area contributed by atoms with E-state index in [-0.39, 0.29) is 11.9 Å². The van der Waals surface area contributed by atoms with Crippen LogP contribution in [0.2, 0.25) is 0 Å². The Hall–Kier alpha value is -0.570. The van der Waals surface area contributed by atoms with Crippen LogP contribution in [-0.2, 0) is 4.79 Å². The van der Waals surface area contributed by atoms with Gasteiger partial charge in [0.15, 0.2) is 0 Å². The van der Waals surface area contributed by atoms with Crippen molar-refractivity contribution in [2.24, 2.45) is 11.7 Å². The van der Waals surface area contributed by atoms with Crippen molar-refractivity contribution in [2.75, 3.05) is 6.54 Å². The summed E-state index contributed by atoms with van der Waals surface area (Å²) in [5.41, 5.74) is 5.61. The Balaban J connectivity index is 2.55. The Morgan fingerprint density at radius 1 is 1.70 bits per heavy atom. The normalized spacial score (nSPS) is 34.8. The molecule has 0 aliphatic carbocycles. The van der Waals surface area contributed by atoms with E-state index in [1.165, 1.54) is 0 Å². The first kappa shape index (κ1) is 7.54. The Morgan fingerprint density at radius 2 is 2.40 bits per heavy atom. The van der Waals surface area contributed by atoms with Crippen LogP contribution in [0.5, 0.6) is 0 Å². The SMILES string of the molecule is C[C@@H]1CCCNC(=O)[C@@H]1N. The van der Waals surface area contributed by atoms with Gasteiger partial charge >= 0.3 is 0 Å². The quantitative estimate of drug-likeness (QED) is 0.494. The van der Waals surface area contributed by atoms with Crippen LogP contribution in [0.4, 0.5) is 0 Å². The van der Waals surface area contributed by atoms with Gasteiger partial charge in [0, 0.05) is 6.54 Å². The molecule has 3 heteroatoms. The highest BCUT2D eigenvalue weighted by molar-refractivity contribution is 5.81. The van der Waals surface area contributed by atoms with Crippen molar-refractivity contribution in [2.45, 2.75) is 25.8 Å². The molecule has 1 rings (SSSR count). The van der Waals surface area contributed by atoms with Crippen molar-refractivity contribution < 1.29 is 4.79 Å². The lowest BCUT2D eigenvalue weighted by molar-refractivity contribution is -0.122. The molecule has 0 spiro atoms. The van der Waals surface area contributed by atoms with Gasteiger partial charge in [-0.15, -0.1) is 0 Å². The number of nitrogens with two attached hydrogens (primary N) is 1. The first-order valence-corrected chi connectivity index (χ1v) is 3.75. The van der Waals surface area contributed by atoms with Crippen molar-refractivity contribution >= 4 is 5.91 Å². The van der Waals surface area contributed by atoms with Gasteiger partial charge in [0.2, 0.25) is 5.91 Å². The van der Waals surface area contributed by atoms with Gasteiger partial charge in [0.05, 0.1) is 6.04 Å². The van der Waals surface area contributed by atoms with E-state index >= 15 is 0 Å². The standard InChI is InChI=1S/C7H14N2O/c1-5-3-2-4-9-7(10)6(5)8/h5-6H,2-4,8H2,1H3,(H,9,10)/t5-,6-/m1/s1. The second-order valence-electron chi connectivity index (χ2n) is 2.94. The maximum absolute atomic E-state index is 11.0. The van der Waals surface area contributed by atoms with Gasteiger partial charge in [-0.2, -0.15) is 0 Å². The minimum Gasteiger partial charge on any atom is -0.355 e. The molecule has 0 saturated carbocycles. The van der Waals surface area contributed by atoms with E-state index in [1.54, 1.807) is 0 Å². The molecule has 0 unspecified atom stereocenters. The summed E-state index contributed by atoms with van der Waals surface area (Å²) in [6.07, 6.45) is 2.11. The zero-order chi connectivity index (χ0) is 7.56. The van der Waals surface area contributed by atoms with Gasteiger partial charge in [0.25, 0.3) is 0 Å². The average Bonchev–Trinajstić information content (AvgIpc) is 2.04. The lowest BCUT2D eigenvalue weighted by atomic mass is 9.99. The van der Waals surface area contributed by atoms with Crippen molar-refractivity contribution in [3.05, 3.63) is 0 Å². The summed E-state index contributed by atoms with van der Waals surface area (Å²) in [6, 6.07) is -0.289. The molecule has 0 aromatic heterocycles. The van der Waals surface area contributed by atoms with E-state index in [9.17, 15) is 4.79 Å². The van der Waals surface area contributed by atoms with Crippen LogP contribution in [0.1, 0.15) is 19.8 Å². The lowest BCUT2D eigenvalue weighted by Crippen LogP contribution is -2.42. The monoisotopic (exact) mass is 142 g/mol. The lowest BCUT2D eigenvalue weighted by Gasteiger charge is -2.13. The van der Waals surface area contributed by atoms with Crippen molar-refractivity contribution in [1.29, 1.82) is 0 Å². The van der Waals surface area contributed by atoms with Crippen LogP contribution in [0.15, 0.2) is 0 Å². The number of hydrogen-bond acceptors (Lipinski definition) is 2. The minimum atomic E-state index is -0.289. The fourth-order valence-corrected chi connectivity index (χ4v) is 1.19. The molecule has 58 valence electrons. The predicted molar refractivity (Wildman–Crippen MR) is 39.4 cm³/mol. The van der Waals surface area contributed by atoms with E-state index in [0.29, 0.717) is 5.92 Å². The van der Waals surface area contributed by atoms with Gasteiger partial charge in [0.1, 0.15) is 0 Å². The number of rotatable bonds is 0. The Bertz CT molecular complexity index is 136. The van der Waals surface area contributed by atoms with Gasteiger partial charge < -0.3 is 11.1 Å². The van der Waals surface area contributed by atoms with E-state index in [0.717, 1.165) is 19.4 Å². The first-order chi connectivity index (χ1) is 4.72. The smallest absolute Gasteiger partial charge is 0.237 e. The molecule has 0 radical (unpaired) electrons. The molecule has 1 aliphatic rings. The molecule has 0 bridgehead atoms. The number of amides is 1. The summed E-state index contributed by atoms with van der Waals surface area (Å²) in [5.74, 6) is 0.340. The van der Waals surface area contributed by atoms with Gasteiger partial charge in [-0.3, -0.25) is 4.79 Å². The predicted octanol–water partition coefficient (Wildman–Crippen LogP) is -0.140. The fraction of sp³-hybridized carbons (Fsp3) is 0.857. The Kier molecular flexibility index (Phi) is 2.27. The molecule has 1 fully saturated rings. The van der Waals surface area contributed by atoms with Crippen LogP contribution in [0, 0.1) is 5.92 Å². The third kappa shape index (κ3) is 1.48. The van der Waals surface area contributed by atoms with Crippen LogP contribution in [0.3, 0.4) is 0 Å². The molecule has 2 atom stereocenters. The fourth-order valence-electron chi connectivity index (χ4n) is 1.19. The first-order valence-electron chi connectivity index (χ1n) is 3.75. The minimum absolute atomic E-state index is 0.00463. The van der Waals surface area contributed by atoms with Crippen LogP contribution >= 0.6 is 0 Å². The van der Waals surface area contributed by atoms with Crippen molar-refractivity contribution in [3.63, 3.8) is 0 Å². The highest BCUT2D eigenvalue weighted by Crippen LogP contribution is 2.11. The Labute approximate surface area is 61.0 Å². The third-order valence-corrected chi connectivity index (χ3v) is 2.05. The maximum atomic E-state index is 11.0. The summed E-state index contributed by atoms with van der Waals surface area (Å²) in [4.78, 5) is 11.0. The van der Waals surface area contributed by atoms with Gasteiger partial charge in [-0.25, -0.2) is 0 Å².